The minimum Gasteiger partial charge on any atom is -0.363 e. The largest absolute Gasteiger partial charge is 0.363 e. The lowest BCUT2D eigenvalue weighted by Gasteiger charge is -2.22. The third kappa shape index (κ3) is 8.39. The summed E-state index contributed by atoms with van der Waals surface area (Å²) in [5.74, 6) is 0.546. The van der Waals surface area contributed by atoms with Gasteiger partial charge < -0.3 is 4.90 Å². The SMILES string of the molecule is CCCCC(CC)CCc1ccc(-c2ccc(-c3c4nsnc4c(-c4cc5sc(N(CCCC)CCCC)cc5s4)c4nc(CC)c(CC)nc34)s2)c(F)c1. The Bertz CT molecular complexity index is 2330. The number of unbranched alkanes of at least 4 members (excludes halogenated alkanes) is 3. The van der Waals surface area contributed by atoms with Crippen LogP contribution in [0, 0.1) is 11.7 Å². The molecule has 1 unspecified atom stereocenters. The second-order valence-corrected chi connectivity index (χ2v) is 18.5. The van der Waals surface area contributed by atoms with Gasteiger partial charge in [0.25, 0.3) is 0 Å². The molecule has 0 spiro atoms. The van der Waals surface area contributed by atoms with Gasteiger partial charge in [0, 0.05) is 53.8 Å². The molecule has 0 radical (unpaired) electrons. The molecule has 0 saturated heterocycles. The Labute approximate surface area is 342 Å². The maximum absolute atomic E-state index is 15.8. The van der Waals surface area contributed by atoms with Gasteiger partial charge >= 0.3 is 0 Å². The van der Waals surface area contributed by atoms with Crippen molar-refractivity contribution in [3.63, 3.8) is 0 Å². The molecule has 0 fully saturated rings. The number of halogens is 1. The highest BCUT2D eigenvalue weighted by atomic mass is 32.1. The van der Waals surface area contributed by atoms with Crippen molar-refractivity contribution in [3.8, 4) is 31.3 Å². The number of benzene rings is 2. The number of nitrogens with zero attached hydrogens (tertiary/aromatic N) is 5. The van der Waals surface area contributed by atoms with Crippen LogP contribution in [0.4, 0.5) is 9.39 Å². The van der Waals surface area contributed by atoms with E-state index in [4.69, 9.17) is 18.7 Å². The molecule has 0 aliphatic rings. The van der Waals surface area contributed by atoms with Crippen LogP contribution in [0.1, 0.15) is 116 Å². The fraction of sp³-hybridized carbons (Fsp3) is 0.467. The first-order valence-electron chi connectivity index (χ1n) is 20.6. The molecule has 0 aliphatic carbocycles. The quantitative estimate of drug-likeness (QED) is 0.0814. The molecule has 5 heterocycles. The molecule has 5 nitrogen and oxygen atoms in total. The van der Waals surface area contributed by atoms with E-state index in [0.29, 0.717) is 11.5 Å². The summed E-state index contributed by atoms with van der Waals surface area (Å²) in [6.07, 6.45) is 13.4. The highest BCUT2D eigenvalue weighted by Gasteiger charge is 2.26. The minimum atomic E-state index is -0.159. The Balaban J connectivity index is 1.29. The third-order valence-corrected chi connectivity index (χ3v) is 15.0. The average Bonchev–Trinajstić information content (AvgIpc) is 4.02. The van der Waals surface area contributed by atoms with Crippen molar-refractivity contribution in [2.24, 2.45) is 5.92 Å². The van der Waals surface area contributed by atoms with E-state index < -0.39 is 0 Å². The maximum Gasteiger partial charge on any atom is 0.132 e. The lowest BCUT2D eigenvalue weighted by atomic mass is 9.92. The van der Waals surface area contributed by atoms with Gasteiger partial charge in [0.15, 0.2) is 0 Å². The first-order valence-corrected chi connectivity index (χ1v) is 23.7. The van der Waals surface area contributed by atoms with Gasteiger partial charge in [0.05, 0.1) is 28.1 Å². The summed E-state index contributed by atoms with van der Waals surface area (Å²) in [4.78, 5) is 16.4. The predicted molar refractivity (Wildman–Crippen MR) is 240 cm³/mol. The average molecular weight is 812 g/mol. The van der Waals surface area contributed by atoms with Gasteiger partial charge in [-0.1, -0.05) is 92.2 Å². The van der Waals surface area contributed by atoms with E-state index in [-0.39, 0.29) is 5.82 Å². The molecule has 7 aromatic rings. The maximum atomic E-state index is 15.8. The summed E-state index contributed by atoms with van der Waals surface area (Å²) in [7, 11) is 0. The smallest absolute Gasteiger partial charge is 0.132 e. The Morgan fingerprint density at radius 3 is 1.87 bits per heavy atom. The van der Waals surface area contributed by atoms with Crippen LogP contribution in [-0.4, -0.2) is 31.8 Å². The highest BCUT2D eigenvalue weighted by Crippen LogP contribution is 2.49. The van der Waals surface area contributed by atoms with Crippen LogP contribution >= 0.6 is 45.7 Å². The van der Waals surface area contributed by atoms with E-state index in [1.165, 1.54) is 77.5 Å². The highest BCUT2D eigenvalue weighted by molar-refractivity contribution is 7.31. The number of fused-ring (bicyclic) bond motifs is 3. The zero-order chi connectivity index (χ0) is 38.5. The van der Waals surface area contributed by atoms with E-state index in [2.05, 4.69) is 70.7 Å². The lowest BCUT2D eigenvalue weighted by Crippen LogP contribution is -2.24. The van der Waals surface area contributed by atoms with Crippen molar-refractivity contribution >= 4 is 82.2 Å². The Morgan fingerprint density at radius 2 is 1.27 bits per heavy atom. The molecule has 1 atom stereocenters. The van der Waals surface area contributed by atoms with Crippen molar-refractivity contribution in [2.75, 3.05) is 18.0 Å². The summed E-state index contributed by atoms with van der Waals surface area (Å²) in [6.45, 7) is 15.6. The molecule has 0 bridgehead atoms. The topological polar surface area (TPSA) is 54.8 Å². The van der Waals surface area contributed by atoms with Crippen molar-refractivity contribution in [1.29, 1.82) is 0 Å². The van der Waals surface area contributed by atoms with Crippen LogP contribution in [0.3, 0.4) is 0 Å². The molecule has 55 heavy (non-hydrogen) atoms. The van der Waals surface area contributed by atoms with Crippen molar-refractivity contribution in [1.82, 2.24) is 18.7 Å². The fourth-order valence-electron chi connectivity index (χ4n) is 7.71. The van der Waals surface area contributed by atoms with Gasteiger partial charge in [0.1, 0.15) is 27.9 Å². The van der Waals surface area contributed by atoms with Crippen LogP contribution in [0.2, 0.25) is 0 Å². The molecule has 0 aliphatic heterocycles. The molecule has 0 N–H and O–H groups in total. The molecule has 0 saturated carbocycles. The first kappa shape index (κ1) is 39.9. The Kier molecular flexibility index (Phi) is 13.3. The summed E-state index contributed by atoms with van der Waals surface area (Å²) in [5, 5.41) is 1.36. The number of hydrogen-bond acceptors (Lipinski definition) is 9. The second kappa shape index (κ2) is 18.3. The van der Waals surface area contributed by atoms with Crippen molar-refractivity contribution in [3.05, 3.63) is 65.2 Å². The van der Waals surface area contributed by atoms with Crippen LogP contribution < -0.4 is 4.90 Å². The number of anilines is 1. The van der Waals surface area contributed by atoms with E-state index in [1.54, 1.807) is 17.4 Å². The number of thiophene rings is 3. The molecule has 7 rings (SSSR count). The van der Waals surface area contributed by atoms with Gasteiger partial charge in [-0.25, -0.2) is 14.4 Å². The predicted octanol–water partition coefficient (Wildman–Crippen LogP) is 14.8. The minimum absolute atomic E-state index is 0.159. The molecular formula is C45H54FN5S4. The summed E-state index contributed by atoms with van der Waals surface area (Å²) in [6, 6.07) is 14.7. The molecular weight excluding hydrogens is 758 g/mol. The molecule has 0 amide bonds. The van der Waals surface area contributed by atoms with E-state index in [1.807, 2.05) is 34.8 Å². The Hall–Kier alpha value is -3.31. The fourth-order valence-corrected chi connectivity index (χ4v) is 11.8. The first-order chi connectivity index (χ1) is 26.9. The van der Waals surface area contributed by atoms with E-state index in [0.717, 1.165) is 104 Å². The monoisotopic (exact) mass is 811 g/mol. The van der Waals surface area contributed by atoms with Crippen LogP contribution in [0.5, 0.6) is 0 Å². The van der Waals surface area contributed by atoms with Gasteiger partial charge in [-0.3, -0.25) is 0 Å². The zero-order valence-electron chi connectivity index (χ0n) is 33.3. The third-order valence-electron chi connectivity index (χ3n) is 11.0. The number of hydrogen-bond donors (Lipinski definition) is 0. The number of rotatable bonds is 19. The van der Waals surface area contributed by atoms with Crippen LogP contribution in [0.25, 0.3) is 62.8 Å². The normalized spacial score (nSPS) is 12.5. The molecule has 2 aromatic carbocycles. The van der Waals surface area contributed by atoms with Gasteiger partial charge in [-0.15, -0.1) is 34.0 Å². The van der Waals surface area contributed by atoms with Gasteiger partial charge in [-0.05, 0) is 80.3 Å². The van der Waals surface area contributed by atoms with Gasteiger partial charge in [-0.2, -0.15) is 8.75 Å². The van der Waals surface area contributed by atoms with E-state index >= 15 is 4.39 Å². The molecule has 290 valence electrons. The lowest BCUT2D eigenvalue weighted by molar-refractivity contribution is 0.421. The van der Waals surface area contributed by atoms with Gasteiger partial charge in [0.2, 0.25) is 0 Å². The van der Waals surface area contributed by atoms with Crippen molar-refractivity contribution < 1.29 is 4.39 Å². The number of aromatic nitrogens is 4. The van der Waals surface area contributed by atoms with Crippen LogP contribution in [0.15, 0.2) is 42.5 Å². The zero-order valence-corrected chi connectivity index (χ0v) is 36.5. The summed E-state index contributed by atoms with van der Waals surface area (Å²) in [5.41, 5.74) is 9.16. The standard InChI is InChI=1S/C45H54FN5S4/c1-7-13-16-28(10-4)17-18-29-19-20-30(31(46)25-29)34-21-22-35(52-34)40-42-43(48-33(12-6)32(11-5)47-42)41(45-44(40)49-55-50-45)38-26-36-37(53-38)27-39(54-36)51(23-14-8-2)24-15-9-3/h19-22,25-28H,7-18,23-24H2,1-6H3. The Morgan fingerprint density at radius 1 is 0.636 bits per heavy atom. The summed E-state index contributed by atoms with van der Waals surface area (Å²) >= 11 is 6.56. The number of aryl methyl sites for hydroxylation is 3. The summed E-state index contributed by atoms with van der Waals surface area (Å²) < 4.78 is 28.3. The van der Waals surface area contributed by atoms with E-state index in [9.17, 15) is 0 Å². The molecule has 5 aromatic heterocycles. The van der Waals surface area contributed by atoms with Crippen molar-refractivity contribution in [2.45, 2.75) is 119 Å². The molecule has 10 heteroatoms. The second-order valence-electron chi connectivity index (χ2n) is 14.8. The van der Waals surface area contributed by atoms with Crippen LogP contribution in [-0.2, 0) is 19.3 Å².